The summed E-state index contributed by atoms with van der Waals surface area (Å²) in [6.07, 6.45) is 29.7. The molecule has 7 unspecified atom stereocenters. The van der Waals surface area contributed by atoms with Crippen LogP contribution in [-0.4, -0.2) is 153 Å². The highest BCUT2D eigenvalue weighted by Crippen LogP contribution is 2.36. The van der Waals surface area contributed by atoms with E-state index in [0.29, 0.717) is 55.2 Å². The number of ether oxygens (including phenoxy) is 4. The van der Waals surface area contributed by atoms with E-state index in [-0.39, 0.29) is 49.3 Å². The number of rotatable bonds is 16. The lowest BCUT2D eigenvalue weighted by Crippen LogP contribution is -2.42. The molecule has 4 amide bonds. The number of piperidine rings is 3. The molecule has 0 saturated carbocycles. The number of amides is 4. The summed E-state index contributed by atoms with van der Waals surface area (Å²) in [6, 6.07) is 41.7. The Morgan fingerprint density at radius 3 is 1.35 bits per heavy atom. The van der Waals surface area contributed by atoms with Crippen LogP contribution in [0.15, 0.2) is 202 Å². The van der Waals surface area contributed by atoms with E-state index in [0.717, 1.165) is 109 Å². The molecule has 2 bridgehead atoms. The van der Waals surface area contributed by atoms with Crippen LogP contribution in [0.4, 0.5) is 19.2 Å². The van der Waals surface area contributed by atoms with Gasteiger partial charge in [-0.15, -0.1) is 0 Å². The smallest absolute Gasteiger partial charge is 0.410 e. The highest BCUT2D eigenvalue weighted by Gasteiger charge is 2.34. The summed E-state index contributed by atoms with van der Waals surface area (Å²) in [6.45, 7) is 29.2. The van der Waals surface area contributed by atoms with Gasteiger partial charge < -0.3 is 54.9 Å². The summed E-state index contributed by atoms with van der Waals surface area (Å²) in [5.74, 6) is 1.19. The van der Waals surface area contributed by atoms with E-state index in [1.165, 1.54) is 54.4 Å². The molecule has 5 aliphatic rings. The molecule has 5 aliphatic heterocycles. The van der Waals surface area contributed by atoms with Crippen LogP contribution in [0.1, 0.15) is 251 Å². The number of aliphatic hydroxyl groups excluding tert-OH is 2. The van der Waals surface area contributed by atoms with Gasteiger partial charge in [-0.2, -0.15) is 0 Å². The van der Waals surface area contributed by atoms with Crippen molar-refractivity contribution >= 4 is 36.9 Å². The Labute approximate surface area is 701 Å². The van der Waals surface area contributed by atoms with Crippen molar-refractivity contribution in [1.82, 2.24) is 60.6 Å². The number of hydrogen-bond acceptors (Lipinski definition) is 20. The van der Waals surface area contributed by atoms with Crippen LogP contribution >= 0.6 is 0 Å². The summed E-state index contributed by atoms with van der Waals surface area (Å²) in [5.41, 5.74) is 13.3. The van der Waals surface area contributed by atoms with Crippen LogP contribution in [0.3, 0.4) is 0 Å². The average molecular weight is 1620 g/mol. The van der Waals surface area contributed by atoms with Gasteiger partial charge in [0.05, 0.1) is 25.3 Å². The number of carbonyl (C=O) groups is 6. The Bertz CT molecular complexity index is 4690. The molecule has 7 atom stereocenters. The summed E-state index contributed by atoms with van der Waals surface area (Å²) < 4.78 is 21.6. The monoisotopic (exact) mass is 1620 g/mol. The Kier molecular flexibility index (Phi) is 34.4. The van der Waals surface area contributed by atoms with E-state index in [4.69, 9.17) is 18.9 Å². The lowest BCUT2D eigenvalue weighted by atomic mass is 9.85. The van der Waals surface area contributed by atoms with Gasteiger partial charge in [0, 0.05) is 155 Å². The molecule has 3 saturated heterocycles. The first-order chi connectivity index (χ1) is 56.9. The molecule has 5 N–H and O–H groups in total. The predicted molar refractivity (Wildman–Crippen MR) is 459 cm³/mol. The summed E-state index contributed by atoms with van der Waals surface area (Å²) in [4.78, 5) is 102. The summed E-state index contributed by atoms with van der Waals surface area (Å²) >= 11 is 0. The van der Waals surface area contributed by atoms with Gasteiger partial charge in [0.1, 0.15) is 22.4 Å². The molecule has 632 valence electrons. The van der Waals surface area contributed by atoms with Crippen molar-refractivity contribution in [3.8, 4) is 0 Å². The highest BCUT2D eigenvalue weighted by atomic mass is 16.6. The van der Waals surface area contributed by atoms with Crippen molar-refractivity contribution in [2.24, 2.45) is 0 Å². The molecule has 3 aromatic carbocycles. The molecule has 0 aliphatic carbocycles. The van der Waals surface area contributed by atoms with Gasteiger partial charge in [-0.3, -0.25) is 44.4 Å². The Morgan fingerprint density at radius 1 is 0.445 bits per heavy atom. The van der Waals surface area contributed by atoms with Gasteiger partial charge >= 0.3 is 24.4 Å². The van der Waals surface area contributed by atoms with Gasteiger partial charge in [0.15, 0.2) is 12.6 Å². The molecule has 24 nitrogen and oxygen atoms in total. The second kappa shape index (κ2) is 44.6. The number of nitrogens with zero attached hydrogens (tertiary/aromatic N) is 9. The topological polar surface area (TPSA) is 303 Å². The van der Waals surface area contributed by atoms with Crippen LogP contribution < -0.4 is 16.0 Å². The first-order valence-corrected chi connectivity index (χ1v) is 41.2. The van der Waals surface area contributed by atoms with Crippen molar-refractivity contribution in [2.45, 2.75) is 225 Å². The van der Waals surface area contributed by atoms with E-state index in [9.17, 15) is 39.0 Å². The quantitative estimate of drug-likeness (QED) is 0.0443. The summed E-state index contributed by atoms with van der Waals surface area (Å²) in [7, 11) is 0. The van der Waals surface area contributed by atoms with E-state index in [1.54, 1.807) is 64.8 Å². The third kappa shape index (κ3) is 30.0. The lowest BCUT2D eigenvalue weighted by Gasteiger charge is -2.38. The van der Waals surface area contributed by atoms with Gasteiger partial charge in [-0.05, 0) is 256 Å². The maximum Gasteiger partial charge on any atom is 0.410 e. The second-order valence-electron chi connectivity index (χ2n) is 34.4. The fraction of sp³-hybridized carbons (Fsp3) is 0.432. The zero-order valence-electron chi connectivity index (χ0n) is 71.1. The third-order valence-electron chi connectivity index (χ3n) is 20.4. The number of fused-ring (bicyclic) bond motifs is 5. The molecule has 3 fully saturated rings. The van der Waals surface area contributed by atoms with Gasteiger partial charge in [0.25, 0.3) is 0 Å². The minimum Gasteiger partial charge on any atom is -0.444 e. The number of aromatic nitrogens is 6. The fourth-order valence-corrected chi connectivity index (χ4v) is 15.1. The van der Waals surface area contributed by atoms with E-state index >= 15 is 0 Å². The average Bonchev–Trinajstić information content (AvgIpc) is 1.15. The number of carbonyl (C=O) groups excluding carboxylic acids is 6. The first kappa shape index (κ1) is 91.7. The van der Waals surface area contributed by atoms with Crippen molar-refractivity contribution in [3.63, 3.8) is 0 Å². The predicted octanol–water partition coefficient (Wildman–Crippen LogP) is 17.0. The minimum atomic E-state index is -0.590. The molecule has 24 heteroatoms. The molecular formula is C95H120N12O12. The van der Waals surface area contributed by atoms with Crippen molar-refractivity contribution in [1.29, 1.82) is 0 Å². The minimum absolute atomic E-state index is 0.0217. The lowest BCUT2D eigenvalue weighted by molar-refractivity contribution is 0.0188. The van der Waals surface area contributed by atoms with E-state index in [2.05, 4.69) is 93.2 Å². The van der Waals surface area contributed by atoms with Gasteiger partial charge in [0.2, 0.25) is 0 Å². The molecule has 11 heterocycles. The number of benzene rings is 3. The normalized spacial score (nSPS) is 17.7. The number of aliphatic hydroxyl groups is 2. The van der Waals surface area contributed by atoms with Crippen molar-refractivity contribution in [2.75, 3.05) is 39.3 Å². The molecule has 0 spiro atoms. The van der Waals surface area contributed by atoms with E-state index in [1.807, 2.05) is 187 Å². The van der Waals surface area contributed by atoms with E-state index < -0.39 is 34.6 Å². The number of alkyl carbamates (subject to hydrolysis) is 2. The fourth-order valence-electron chi connectivity index (χ4n) is 15.1. The highest BCUT2D eigenvalue weighted by molar-refractivity contribution is 5.78. The van der Waals surface area contributed by atoms with Crippen LogP contribution in [-0.2, 0) is 64.5 Å². The number of pyridine rings is 6. The molecule has 9 aromatic rings. The van der Waals surface area contributed by atoms with Crippen molar-refractivity contribution in [3.05, 3.63) is 285 Å². The number of hydrogen-bond donors (Lipinski definition) is 5. The molecule has 6 aromatic heterocycles. The second-order valence-corrected chi connectivity index (χ2v) is 34.4. The number of aldehydes is 2. The Hall–Kier alpha value is -11.2. The van der Waals surface area contributed by atoms with Gasteiger partial charge in [-0.1, -0.05) is 91.0 Å². The van der Waals surface area contributed by atoms with Crippen LogP contribution in [0, 0.1) is 0 Å². The van der Waals surface area contributed by atoms with Crippen LogP contribution in [0.2, 0.25) is 0 Å². The largest absolute Gasteiger partial charge is 0.444 e. The SMILES string of the molecule is CC(C)(C)OC(=O)N1CCCC(c2ccncc2C=O)C1.CC(C)(C)OC(=O)N1CCCC(c2ccncc2CO)C1.CC(C)(C)OC(=O)NC(Cc1ccccc1)c1ccncc1C=O.CC(C)(C)OC(=O)NC(Cc1ccccc1)c1ccncc1CO.c1cc2c(cn1)CN1CCCC2C1.c1ccc(CC2NCc3cnccc32)cc1. The maximum atomic E-state index is 12.2. The Morgan fingerprint density at radius 2 is 0.849 bits per heavy atom. The zero-order valence-corrected chi connectivity index (χ0v) is 71.1. The maximum absolute atomic E-state index is 12.2. The molecular weight excluding hydrogens is 1500 g/mol. The zero-order chi connectivity index (χ0) is 85.5. The summed E-state index contributed by atoms with van der Waals surface area (Å²) in [5, 5.41) is 28.3. The molecule has 14 rings (SSSR count). The first-order valence-electron chi connectivity index (χ1n) is 41.2. The number of likely N-dealkylation sites (tertiary alicyclic amines) is 2. The van der Waals surface area contributed by atoms with Crippen LogP contribution in [0.5, 0.6) is 0 Å². The molecule has 0 radical (unpaired) electrons. The van der Waals surface area contributed by atoms with Crippen molar-refractivity contribution < 1.29 is 57.9 Å². The Balaban J connectivity index is 0.000000164. The van der Waals surface area contributed by atoms with Crippen LogP contribution in [0.25, 0.3) is 0 Å². The third-order valence-corrected chi connectivity index (χ3v) is 20.4. The van der Waals surface area contributed by atoms with Gasteiger partial charge in [-0.25, -0.2) is 19.2 Å². The number of nitrogens with one attached hydrogen (secondary N) is 3. The molecule has 119 heavy (non-hydrogen) atoms. The standard InChI is InChI=1S/C19H24N2O3.C19H22N2O3.C16H24N2O3.C16H22N2O3.C14H14N2.C11H14N2/c2*1-19(2,3)24-18(23)21-17(11-14-7-5-4-6-8-14)16-9-10-20-12-15(16)13-22;2*1-16(2,3)21-15(20)18-8-4-5-12(10-18)14-6-7-17-9-13(14)11-19;1-2-4-11(5-3-1)8-14-13-6-7-15-9-12(13)10-16-14;1-2-9-7-13(5-1)8-10-6-12-4-3-11(9)10/h4-10,12,17,22H,11,13H2,1-3H3,(H,21,23);4-10,12-13,17H,11H2,1-3H3,(H,21,23);6-7,9,12,19H,4-5,8,10-11H2,1-3H3;6-7,9,11-12H,4-5,8,10H2,1-3H3;1-7,9,14,16H,8,10H2;3-4,6,9H,1-2,5,7-8H2.